The summed E-state index contributed by atoms with van der Waals surface area (Å²) < 4.78 is 5.11. The van der Waals surface area contributed by atoms with Gasteiger partial charge in [-0.05, 0) is 25.1 Å². The van der Waals surface area contributed by atoms with Crippen LogP contribution >= 0.6 is 0 Å². The SMILES string of the molecule is Cc1cc(N(C)C)nc(CNC(=O)C=Cc2ccco2)n1. The van der Waals surface area contributed by atoms with Crippen LogP contribution in [0.4, 0.5) is 5.82 Å². The Kier molecular flexibility index (Phi) is 4.71. The van der Waals surface area contributed by atoms with E-state index < -0.39 is 0 Å². The molecule has 0 saturated carbocycles. The summed E-state index contributed by atoms with van der Waals surface area (Å²) in [6.07, 6.45) is 4.58. The summed E-state index contributed by atoms with van der Waals surface area (Å²) in [5.74, 6) is 1.81. The lowest BCUT2D eigenvalue weighted by Crippen LogP contribution is -2.22. The van der Waals surface area contributed by atoms with Gasteiger partial charge in [0.15, 0.2) is 0 Å². The van der Waals surface area contributed by atoms with Crippen molar-refractivity contribution in [2.24, 2.45) is 0 Å². The zero-order valence-electron chi connectivity index (χ0n) is 12.3. The van der Waals surface area contributed by atoms with E-state index in [1.165, 1.54) is 6.08 Å². The summed E-state index contributed by atoms with van der Waals surface area (Å²) in [6.45, 7) is 2.18. The highest BCUT2D eigenvalue weighted by Gasteiger charge is 2.05. The van der Waals surface area contributed by atoms with E-state index in [0.29, 0.717) is 11.6 Å². The Bertz CT molecular complexity index is 633. The Balaban J connectivity index is 1.95. The second-order valence-corrected chi connectivity index (χ2v) is 4.74. The van der Waals surface area contributed by atoms with E-state index >= 15 is 0 Å². The third kappa shape index (κ3) is 4.45. The number of hydrogen-bond donors (Lipinski definition) is 1. The first-order valence-corrected chi connectivity index (χ1v) is 6.56. The number of aryl methyl sites for hydroxylation is 1. The summed E-state index contributed by atoms with van der Waals surface area (Å²) in [7, 11) is 3.83. The Morgan fingerprint density at radius 3 is 2.90 bits per heavy atom. The van der Waals surface area contributed by atoms with Crippen LogP contribution in [0.25, 0.3) is 6.08 Å². The van der Waals surface area contributed by atoms with E-state index in [9.17, 15) is 4.79 Å². The highest BCUT2D eigenvalue weighted by molar-refractivity contribution is 5.91. The molecule has 0 aliphatic heterocycles. The Morgan fingerprint density at radius 1 is 1.43 bits per heavy atom. The normalized spacial score (nSPS) is 10.8. The molecular formula is C15H18N4O2. The minimum Gasteiger partial charge on any atom is -0.465 e. The van der Waals surface area contributed by atoms with Crippen LogP contribution in [-0.4, -0.2) is 30.0 Å². The number of furan rings is 1. The fourth-order valence-electron chi connectivity index (χ4n) is 1.69. The zero-order valence-corrected chi connectivity index (χ0v) is 12.3. The first kappa shape index (κ1) is 14.8. The van der Waals surface area contributed by atoms with Gasteiger partial charge in [0, 0.05) is 31.9 Å². The van der Waals surface area contributed by atoms with Crippen molar-refractivity contribution in [1.82, 2.24) is 15.3 Å². The molecule has 0 unspecified atom stereocenters. The molecule has 21 heavy (non-hydrogen) atoms. The van der Waals surface area contributed by atoms with E-state index in [0.717, 1.165) is 11.5 Å². The molecule has 6 heteroatoms. The number of carbonyl (C=O) groups excluding carboxylic acids is 1. The molecule has 1 amide bonds. The van der Waals surface area contributed by atoms with Gasteiger partial charge in [0.25, 0.3) is 0 Å². The van der Waals surface area contributed by atoms with Crippen LogP contribution in [-0.2, 0) is 11.3 Å². The van der Waals surface area contributed by atoms with Gasteiger partial charge in [0.1, 0.15) is 17.4 Å². The Morgan fingerprint density at radius 2 is 2.24 bits per heavy atom. The molecule has 110 valence electrons. The van der Waals surface area contributed by atoms with Crippen molar-refractivity contribution in [2.45, 2.75) is 13.5 Å². The number of carbonyl (C=O) groups is 1. The maximum absolute atomic E-state index is 11.7. The fraction of sp³-hybridized carbons (Fsp3) is 0.267. The Labute approximate surface area is 123 Å². The molecular weight excluding hydrogens is 268 g/mol. The third-order valence-electron chi connectivity index (χ3n) is 2.71. The third-order valence-corrected chi connectivity index (χ3v) is 2.71. The van der Waals surface area contributed by atoms with Crippen LogP contribution < -0.4 is 10.2 Å². The molecule has 0 aliphatic carbocycles. The average Bonchev–Trinajstić information content (AvgIpc) is 2.95. The predicted octanol–water partition coefficient (Wildman–Crippen LogP) is 1.77. The van der Waals surface area contributed by atoms with E-state index in [-0.39, 0.29) is 12.5 Å². The van der Waals surface area contributed by atoms with Crippen LogP contribution in [0.2, 0.25) is 0 Å². The van der Waals surface area contributed by atoms with Crippen molar-refractivity contribution < 1.29 is 9.21 Å². The van der Waals surface area contributed by atoms with E-state index in [1.54, 1.807) is 24.5 Å². The quantitative estimate of drug-likeness (QED) is 0.848. The number of nitrogens with one attached hydrogen (secondary N) is 1. The summed E-state index contributed by atoms with van der Waals surface area (Å²) in [6, 6.07) is 5.43. The van der Waals surface area contributed by atoms with Gasteiger partial charge in [-0.25, -0.2) is 9.97 Å². The minimum atomic E-state index is -0.220. The summed E-state index contributed by atoms with van der Waals surface area (Å²) in [5.41, 5.74) is 0.865. The highest BCUT2D eigenvalue weighted by atomic mass is 16.3. The molecule has 2 aromatic heterocycles. The zero-order chi connectivity index (χ0) is 15.2. The molecule has 1 N–H and O–H groups in total. The van der Waals surface area contributed by atoms with Gasteiger partial charge in [-0.15, -0.1) is 0 Å². The van der Waals surface area contributed by atoms with Gasteiger partial charge in [-0.1, -0.05) is 0 Å². The van der Waals surface area contributed by atoms with E-state index in [4.69, 9.17) is 4.42 Å². The maximum Gasteiger partial charge on any atom is 0.244 e. The van der Waals surface area contributed by atoms with Crippen LogP contribution in [0, 0.1) is 6.92 Å². The number of hydrogen-bond acceptors (Lipinski definition) is 5. The summed E-state index contributed by atoms with van der Waals surface area (Å²) in [4.78, 5) is 22.3. The fourth-order valence-corrected chi connectivity index (χ4v) is 1.69. The van der Waals surface area contributed by atoms with Crippen molar-refractivity contribution in [3.63, 3.8) is 0 Å². The average molecular weight is 286 g/mol. The standard InChI is InChI=1S/C15H18N4O2/c1-11-9-14(19(2)3)18-13(17-11)10-16-15(20)7-6-12-5-4-8-21-12/h4-9H,10H2,1-3H3,(H,16,20). The Hall–Kier alpha value is -2.63. The smallest absolute Gasteiger partial charge is 0.244 e. The largest absolute Gasteiger partial charge is 0.465 e. The molecule has 2 heterocycles. The van der Waals surface area contributed by atoms with Gasteiger partial charge in [-0.2, -0.15) is 0 Å². The highest BCUT2D eigenvalue weighted by Crippen LogP contribution is 2.09. The molecule has 0 atom stereocenters. The van der Waals surface area contributed by atoms with Gasteiger partial charge in [0.05, 0.1) is 12.8 Å². The van der Waals surface area contributed by atoms with Gasteiger partial charge >= 0.3 is 0 Å². The topological polar surface area (TPSA) is 71.3 Å². The molecule has 0 aliphatic rings. The van der Waals surface area contributed by atoms with Gasteiger partial charge < -0.3 is 14.6 Å². The first-order valence-electron chi connectivity index (χ1n) is 6.56. The molecule has 2 rings (SSSR count). The van der Waals surface area contributed by atoms with Gasteiger partial charge in [0.2, 0.25) is 5.91 Å². The van der Waals surface area contributed by atoms with Gasteiger partial charge in [-0.3, -0.25) is 4.79 Å². The van der Waals surface area contributed by atoms with Crippen molar-refractivity contribution in [3.8, 4) is 0 Å². The molecule has 2 aromatic rings. The molecule has 0 aromatic carbocycles. The second-order valence-electron chi connectivity index (χ2n) is 4.74. The lowest BCUT2D eigenvalue weighted by Gasteiger charge is -2.13. The first-order chi connectivity index (χ1) is 10.0. The number of nitrogens with zero attached hydrogens (tertiary/aromatic N) is 3. The predicted molar refractivity (Wildman–Crippen MR) is 80.7 cm³/mol. The summed E-state index contributed by atoms with van der Waals surface area (Å²) >= 11 is 0. The summed E-state index contributed by atoms with van der Waals surface area (Å²) in [5, 5.41) is 2.74. The van der Waals surface area contributed by atoms with Crippen LogP contribution in [0.1, 0.15) is 17.3 Å². The molecule has 0 fully saturated rings. The van der Waals surface area contributed by atoms with Crippen LogP contribution in [0.5, 0.6) is 0 Å². The van der Waals surface area contributed by atoms with Crippen molar-refractivity contribution in [2.75, 3.05) is 19.0 Å². The second kappa shape index (κ2) is 6.69. The maximum atomic E-state index is 11.7. The number of amides is 1. The van der Waals surface area contributed by atoms with E-state index in [2.05, 4.69) is 15.3 Å². The molecule has 0 saturated heterocycles. The molecule has 6 nitrogen and oxygen atoms in total. The number of rotatable bonds is 5. The molecule has 0 spiro atoms. The van der Waals surface area contributed by atoms with Crippen molar-refractivity contribution in [3.05, 3.63) is 47.8 Å². The van der Waals surface area contributed by atoms with E-state index in [1.807, 2.05) is 32.0 Å². The van der Waals surface area contributed by atoms with Crippen LogP contribution in [0.3, 0.4) is 0 Å². The van der Waals surface area contributed by atoms with Crippen molar-refractivity contribution in [1.29, 1.82) is 0 Å². The van der Waals surface area contributed by atoms with Crippen molar-refractivity contribution >= 4 is 17.8 Å². The minimum absolute atomic E-state index is 0.220. The van der Waals surface area contributed by atoms with Crippen LogP contribution in [0.15, 0.2) is 35.0 Å². The lowest BCUT2D eigenvalue weighted by atomic mass is 10.3. The lowest BCUT2D eigenvalue weighted by molar-refractivity contribution is -0.116. The molecule has 0 radical (unpaired) electrons. The molecule has 0 bridgehead atoms. The number of aromatic nitrogens is 2. The number of anilines is 1. The monoisotopic (exact) mass is 286 g/mol.